The van der Waals surface area contributed by atoms with Gasteiger partial charge in [0.1, 0.15) is 5.82 Å². The van der Waals surface area contributed by atoms with E-state index in [0.717, 1.165) is 44.7 Å². The van der Waals surface area contributed by atoms with Crippen LogP contribution in [0.25, 0.3) is 0 Å². The Morgan fingerprint density at radius 3 is 2.68 bits per heavy atom. The lowest BCUT2D eigenvalue weighted by Gasteiger charge is -2.30. The number of hydrogen-bond donors (Lipinski definition) is 2. The van der Waals surface area contributed by atoms with Gasteiger partial charge in [-0.1, -0.05) is 30.3 Å². The van der Waals surface area contributed by atoms with Crippen molar-refractivity contribution >= 4 is 11.8 Å². The Bertz CT molecular complexity index is 582. The van der Waals surface area contributed by atoms with Gasteiger partial charge in [-0.3, -0.25) is 0 Å². The molecule has 0 spiro atoms. The number of aromatic nitrogens is 2. The highest BCUT2D eigenvalue weighted by Crippen LogP contribution is 2.18. The highest BCUT2D eigenvalue weighted by molar-refractivity contribution is 5.43. The Labute approximate surface area is 131 Å². The van der Waals surface area contributed by atoms with Gasteiger partial charge in [0, 0.05) is 25.8 Å². The van der Waals surface area contributed by atoms with E-state index < -0.39 is 0 Å². The molecule has 0 unspecified atom stereocenters. The van der Waals surface area contributed by atoms with E-state index in [1.165, 1.54) is 5.56 Å². The summed E-state index contributed by atoms with van der Waals surface area (Å²) in [7, 11) is 0. The highest BCUT2D eigenvalue weighted by Gasteiger charge is 2.18. The van der Waals surface area contributed by atoms with Crippen molar-refractivity contribution in [1.82, 2.24) is 9.97 Å². The second-order valence-electron chi connectivity index (χ2n) is 5.62. The second-order valence-corrected chi connectivity index (χ2v) is 5.62. The van der Waals surface area contributed by atoms with Gasteiger partial charge in [-0.15, -0.1) is 0 Å². The van der Waals surface area contributed by atoms with Crippen molar-refractivity contribution in [3.8, 4) is 0 Å². The predicted molar refractivity (Wildman–Crippen MR) is 88.1 cm³/mol. The molecule has 2 heterocycles. The summed E-state index contributed by atoms with van der Waals surface area (Å²) in [6, 6.07) is 12.3. The quantitative estimate of drug-likeness (QED) is 0.885. The predicted octanol–water partition coefficient (Wildman–Crippen LogP) is 2.09. The summed E-state index contributed by atoms with van der Waals surface area (Å²) in [6.07, 6.45) is 4.19. The van der Waals surface area contributed by atoms with E-state index in [9.17, 15) is 5.11 Å². The number of anilines is 2. The molecule has 3 rings (SSSR count). The average molecular weight is 298 g/mol. The first-order valence-electron chi connectivity index (χ1n) is 7.85. The van der Waals surface area contributed by atoms with Crippen LogP contribution in [0.1, 0.15) is 18.4 Å². The van der Waals surface area contributed by atoms with Crippen LogP contribution in [-0.4, -0.2) is 40.8 Å². The molecule has 0 amide bonds. The van der Waals surface area contributed by atoms with Gasteiger partial charge in [-0.25, -0.2) is 4.98 Å². The molecule has 116 valence electrons. The van der Waals surface area contributed by atoms with E-state index in [0.29, 0.717) is 5.95 Å². The maximum Gasteiger partial charge on any atom is 0.224 e. The Morgan fingerprint density at radius 1 is 1.14 bits per heavy atom. The maximum atomic E-state index is 9.58. The van der Waals surface area contributed by atoms with Crippen LogP contribution in [0.15, 0.2) is 42.6 Å². The van der Waals surface area contributed by atoms with Crippen molar-refractivity contribution < 1.29 is 5.11 Å². The first-order valence-corrected chi connectivity index (χ1v) is 7.85. The molecule has 1 fully saturated rings. The molecular weight excluding hydrogens is 276 g/mol. The molecule has 1 aliphatic rings. The van der Waals surface area contributed by atoms with Gasteiger partial charge >= 0.3 is 0 Å². The molecule has 5 nitrogen and oxygen atoms in total. The van der Waals surface area contributed by atoms with Gasteiger partial charge < -0.3 is 15.3 Å². The van der Waals surface area contributed by atoms with Crippen molar-refractivity contribution in [1.29, 1.82) is 0 Å². The first-order chi connectivity index (χ1) is 10.8. The van der Waals surface area contributed by atoms with Crippen LogP contribution >= 0.6 is 0 Å². The summed E-state index contributed by atoms with van der Waals surface area (Å²) in [5.41, 5.74) is 1.30. The minimum Gasteiger partial charge on any atom is -0.393 e. The van der Waals surface area contributed by atoms with Gasteiger partial charge in [0.05, 0.1) is 6.10 Å². The molecule has 5 heteroatoms. The zero-order chi connectivity index (χ0) is 15.2. The molecule has 2 N–H and O–H groups in total. The van der Waals surface area contributed by atoms with Crippen LogP contribution in [0.4, 0.5) is 11.8 Å². The molecule has 0 saturated carbocycles. The zero-order valence-corrected chi connectivity index (χ0v) is 12.7. The number of nitrogens with zero attached hydrogens (tertiary/aromatic N) is 3. The Balaban J connectivity index is 1.55. The molecule has 0 bridgehead atoms. The summed E-state index contributed by atoms with van der Waals surface area (Å²) in [6.45, 7) is 2.51. The topological polar surface area (TPSA) is 61.3 Å². The lowest BCUT2D eigenvalue weighted by Crippen LogP contribution is -2.36. The number of nitrogens with one attached hydrogen (secondary N) is 1. The molecule has 2 aromatic rings. The van der Waals surface area contributed by atoms with E-state index in [1.807, 2.05) is 12.1 Å². The van der Waals surface area contributed by atoms with Crippen molar-refractivity contribution in [3.05, 3.63) is 48.2 Å². The molecule has 1 aromatic carbocycles. The van der Waals surface area contributed by atoms with E-state index in [1.54, 1.807) is 6.20 Å². The van der Waals surface area contributed by atoms with Crippen molar-refractivity contribution in [2.75, 3.05) is 29.9 Å². The van der Waals surface area contributed by atoms with Gasteiger partial charge in [-0.2, -0.15) is 4.98 Å². The Kier molecular flexibility index (Phi) is 4.85. The van der Waals surface area contributed by atoms with Gasteiger partial charge in [0.15, 0.2) is 0 Å². The number of hydrogen-bond acceptors (Lipinski definition) is 5. The fourth-order valence-corrected chi connectivity index (χ4v) is 2.67. The molecule has 1 aliphatic heterocycles. The molecule has 0 atom stereocenters. The summed E-state index contributed by atoms with van der Waals surface area (Å²) < 4.78 is 0. The second kappa shape index (κ2) is 7.22. The smallest absolute Gasteiger partial charge is 0.224 e. The summed E-state index contributed by atoms with van der Waals surface area (Å²) in [5.74, 6) is 1.60. The van der Waals surface area contributed by atoms with Crippen LogP contribution in [0.5, 0.6) is 0 Å². The van der Waals surface area contributed by atoms with Crippen LogP contribution in [0.3, 0.4) is 0 Å². The third kappa shape index (κ3) is 3.95. The maximum absolute atomic E-state index is 9.58. The highest BCUT2D eigenvalue weighted by atomic mass is 16.3. The first kappa shape index (κ1) is 14.8. The largest absolute Gasteiger partial charge is 0.393 e. The number of benzene rings is 1. The SMILES string of the molecule is OC1CCN(c2ccnc(NCCc3ccccc3)n2)CC1. The summed E-state index contributed by atoms with van der Waals surface area (Å²) in [4.78, 5) is 11.1. The molecule has 0 radical (unpaired) electrons. The fourth-order valence-electron chi connectivity index (χ4n) is 2.67. The Morgan fingerprint density at radius 2 is 1.91 bits per heavy atom. The summed E-state index contributed by atoms with van der Waals surface area (Å²) >= 11 is 0. The fraction of sp³-hybridized carbons (Fsp3) is 0.412. The molecule has 22 heavy (non-hydrogen) atoms. The molecule has 0 aliphatic carbocycles. The minimum atomic E-state index is -0.165. The minimum absolute atomic E-state index is 0.165. The van der Waals surface area contributed by atoms with Crippen molar-refractivity contribution in [3.63, 3.8) is 0 Å². The lowest BCUT2D eigenvalue weighted by atomic mass is 10.1. The van der Waals surface area contributed by atoms with Crippen LogP contribution < -0.4 is 10.2 Å². The van der Waals surface area contributed by atoms with Crippen molar-refractivity contribution in [2.45, 2.75) is 25.4 Å². The van der Waals surface area contributed by atoms with E-state index in [-0.39, 0.29) is 6.10 Å². The van der Waals surface area contributed by atoms with Crippen molar-refractivity contribution in [2.24, 2.45) is 0 Å². The average Bonchev–Trinajstić information content (AvgIpc) is 2.57. The number of piperidine rings is 1. The normalized spacial score (nSPS) is 15.8. The monoisotopic (exact) mass is 298 g/mol. The molecule has 1 saturated heterocycles. The molecule has 1 aromatic heterocycles. The van der Waals surface area contributed by atoms with Crippen LogP contribution in [-0.2, 0) is 6.42 Å². The van der Waals surface area contributed by atoms with Gasteiger partial charge in [-0.05, 0) is 30.9 Å². The third-order valence-electron chi connectivity index (χ3n) is 3.97. The van der Waals surface area contributed by atoms with Gasteiger partial charge in [0.25, 0.3) is 0 Å². The number of rotatable bonds is 5. The summed E-state index contributed by atoms with van der Waals surface area (Å²) in [5, 5.41) is 12.9. The Hall–Kier alpha value is -2.14. The van der Waals surface area contributed by atoms with E-state index in [2.05, 4.69) is 44.5 Å². The molecular formula is C17H22N4O. The van der Waals surface area contributed by atoms with Gasteiger partial charge in [0.2, 0.25) is 5.95 Å². The number of aliphatic hydroxyl groups excluding tert-OH is 1. The van der Waals surface area contributed by atoms with E-state index >= 15 is 0 Å². The standard InChI is InChI=1S/C17H22N4O/c22-15-8-12-21(13-9-15)16-7-11-19-17(20-16)18-10-6-14-4-2-1-3-5-14/h1-5,7,11,15,22H,6,8-10,12-13H2,(H,18,19,20). The zero-order valence-electron chi connectivity index (χ0n) is 12.7. The third-order valence-corrected chi connectivity index (χ3v) is 3.97. The van der Waals surface area contributed by atoms with E-state index in [4.69, 9.17) is 0 Å². The van der Waals surface area contributed by atoms with Crippen LogP contribution in [0.2, 0.25) is 0 Å². The number of aliphatic hydroxyl groups is 1. The lowest BCUT2D eigenvalue weighted by molar-refractivity contribution is 0.145. The van der Waals surface area contributed by atoms with Crippen LogP contribution in [0, 0.1) is 0 Å².